The maximum Gasteiger partial charge on any atom is 1.00 e. The van der Waals surface area contributed by atoms with Crippen LogP contribution in [0.5, 0.6) is 0 Å². The van der Waals surface area contributed by atoms with Crippen molar-refractivity contribution in [2.24, 2.45) is 0 Å². The zero-order valence-electron chi connectivity index (χ0n) is 19.3. The van der Waals surface area contributed by atoms with E-state index in [4.69, 9.17) is 0 Å². The summed E-state index contributed by atoms with van der Waals surface area (Å²) in [6, 6.07) is 0. The summed E-state index contributed by atoms with van der Waals surface area (Å²) in [6.45, 7) is 9.15. The van der Waals surface area contributed by atoms with Crippen molar-refractivity contribution in [1.82, 2.24) is 0 Å². The Morgan fingerprint density at radius 2 is 0.769 bits per heavy atom. The summed E-state index contributed by atoms with van der Waals surface area (Å²) in [5.41, 5.74) is 3.04. The van der Waals surface area contributed by atoms with Crippen LogP contribution in [0.4, 0.5) is 0 Å². The molecule has 2 heteroatoms. The molecule has 0 N–H and O–H groups in total. The third-order valence-corrected chi connectivity index (χ3v) is 4.66. The molecule has 0 aromatic rings. The molecule has 0 unspecified atom stereocenters. The van der Waals surface area contributed by atoms with Crippen LogP contribution in [0.3, 0.4) is 0 Å². The first-order valence-corrected chi connectivity index (χ1v) is 11.0. The second-order valence-electron chi connectivity index (χ2n) is 7.14. The van der Waals surface area contributed by atoms with Gasteiger partial charge in [0.05, 0.1) is 0 Å². The van der Waals surface area contributed by atoms with Crippen LogP contribution < -0.4 is 37.7 Å². The molecular weight excluding hydrogens is 302 g/mol. The second kappa shape index (κ2) is 25.7. The summed E-state index contributed by atoms with van der Waals surface area (Å²) >= 11 is 0. The average molecular weight is 346 g/mol. The first kappa shape index (κ1) is 31.4. The molecule has 0 fully saturated rings. The molecule has 26 heavy (non-hydrogen) atoms. The molecule has 0 spiro atoms. The largest absolute Gasteiger partial charge is 1.00 e. The summed E-state index contributed by atoms with van der Waals surface area (Å²) in [7, 11) is 0. The van der Waals surface area contributed by atoms with Gasteiger partial charge in [-0.1, -0.05) is 105 Å². The molecule has 0 nitrogen and oxygen atoms in total. The second-order valence-corrected chi connectivity index (χ2v) is 7.14. The zero-order chi connectivity index (χ0) is 17.9. The van der Waals surface area contributed by atoms with Crippen molar-refractivity contribution >= 4 is 0 Å². The van der Waals surface area contributed by atoms with Gasteiger partial charge in [0.25, 0.3) is 0 Å². The van der Waals surface area contributed by atoms with Crippen LogP contribution >= 0.6 is 0 Å². The predicted octanol–water partition coefficient (Wildman–Crippen LogP) is 2.77. The van der Waals surface area contributed by atoms with Crippen molar-refractivity contribution < 1.29 is 37.7 Å². The summed E-state index contributed by atoms with van der Waals surface area (Å²) in [5.74, 6) is 0. The Labute approximate surface area is 190 Å². The first-order valence-electron chi connectivity index (χ1n) is 11.0. The van der Waals surface area contributed by atoms with Gasteiger partial charge in [-0.05, 0) is 0 Å². The van der Waals surface area contributed by atoms with Crippen LogP contribution in [-0.2, 0) is 0 Å². The molecule has 0 aromatic carbocycles. The van der Waals surface area contributed by atoms with Crippen LogP contribution in [0.1, 0.15) is 130 Å². The number of hydrogen-bond donors (Lipinski definition) is 0. The van der Waals surface area contributed by atoms with Crippen LogP contribution in [-0.4, -0.2) is 0 Å². The molecular formula is C24H44Li2. The van der Waals surface area contributed by atoms with E-state index in [0.29, 0.717) is 0 Å². The molecule has 0 bridgehead atoms. The standard InChI is InChI=1S/C24H44.2Li/c1-5-9-13-17-21-23(19-15-11-7-3)24(20-16-12-8-4)22-18-14-10-6-2;;/h5-20H2,1-4H3;;/q-2;2*+1. The van der Waals surface area contributed by atoms with Crippen LogP contribution in [0, 0.1) is 12.2 Å². The Hall–Kier alpha value is 0.675. The van der Waals surface area contributed by atoms with Gasteiger partial charge < -0.3 is 23.3 Å². The molecule has 0 radical (unpaired) electrons. The number of rotatable bonds is 17. The fourth-order valence-electron chi connectivity index (χ4n) is 3.02. The smallest absolute Gasteiger partial charge is 0.373 e. The summed E-state index contributed by atoms with van der Waals surface area (Å²) in [4.78, 5) is 0. The number of unbranched alkanes of at least 4 members (excludes halogenated alkanes) is 10. The molecule has 142 valence electrons. The molecule has 0 saturated carbocycles. The van der Waals surface area contributed by atoms with E-state index in [2.05, 4.69) is 39.8 Å². The Balaban J connectivity index is -0.00000264. The van der Waals surface area contributed by atoms with Gasteiger partial charge in [-0.25, -0.2) is 0 Å². The zero-order valence-corrected chi connectivity index (χ0v) is 19.3. The van der Waals surface area contributed by atoms with E-state index in [9.17, 15) is 0 Å². The fraction of sp³-hybridized carbons (Fsp3) is 0.833. The molecule has 0 heterocycles. The molecule has 0 aliphatic rings. The Morgan fingerprint density at radius 1 is 0.462 bits per heavy atom. The Morgan fingerprint density at radius 3 is 1.08 bits per heavy atom. The minimum absolute atomic E-state index is 0. The van der Waals surface area contributed by atoms with Crippen molar-refractivity contribution in [3.05, 3.63) is 23.3 Å². The molecule has 0 aromatic heterocycles. The van der Waals surface area contributed by atoms with Crippen molar-refractivity contribution in [3.8, 4) is 0 Å². The monoisotopic (exact) mass is 346 g/mol. The summed E-state index contributed by atoms with van der Waals surface area (Å²) < 4.78 is 0. The van der Waals surface area contributed by atoms with Gasteiger partial charge >= 0.3 is 37.7 Å². The summed E-state index contributed by atoms with van der Waals surface area (Å²) in [6.07, 6.45) is 28.1. The van der Waals surface area contributed by atoms with E-state index >= 15 is 0 Å². The molecule has 0 saturated heterocycles. The fourth-order valence-corrected chi connectivity index (χ4v) is 3.02. The molecule has 0 aliphatic heterocycles. The SMILES string of the molecule is CCCCC[C-]=C(CCCCC)C(=[C-]CCCCC)CCCCC.[Li+].[Li+]. The van der Waals surface area contributed by atoms with E-state index in [1.165, 1.54) is 101 Å². The number of allylic oxidation sites excluding steroid dienone is 4. The van der Waals surface area contributed by atoms with Crippen molar-refractivity contribution in [3.63, 3.8) is 0 Å². The molecule has 0 rings (SSSR count). The normalized spacial score (nSPS) is 11.8. The molecule has 0 aliphatic carbocycles. The van der Waals surface area contributed by atoms with Crippen molar-refractivity contribution in [1.29, 1.82) is 0 Å². The maximum absolute atomic E-state index is 3.80. The number of hydrogen-bond acceptors (Lipinski definition) is 0. The maximum atomic E-state index is 3.80. The van der Waals surface area contributed by atoms with Crippen LogP contribution in [0.15, 0.2) is 11.1 Å². The van der Waals surface area contributed by atoms with Gasteiger partial charge in [-0.15, -0.1) is 25.7 Å². The predicted molar refractivity (Wildman–Crippen MR) is 110 cm³/mol. The van der Waals surface area contributed by atoms with Gasteiger partial charge in [0.1, 0.15) is 0 Å². The van der Waals surface area contributed by atoms with Gasteiger partial charge in [0.2, 0.25) is 0 Å². The molecule has 0 atom stereocenters. The van der Waals surface area contributed by atoms with E-state index < -0.39 is 0 Å². The van der Waals surface area contributed by atoms with E-state index in [1.807, 2.05) is 0 Å². The van der Waals surface area contributed by atoms with Gasteiger partial charge in [0.15, 0.2) is 0 Å². The summed E-state index contributed by atoms with van der Waals surface area (Å²) in [5, 5.41) is 0. The topological polar surface area (TPSA) is 0 Å². The molecule has 0 amide bonds. The Bertz CT molecular complexity index is 286. The Kier molecular flexibility index (Phi) is 31.0. The third-order valence-electron chi connectivity index (χ3n) is 4.66. The minimum Gasteiger partial charge on any atom is -0.373 e. The van der Waals surface area contributed by atoms with Gasteiger partial charge in [-0.2, -0.15) is 0 Å². The third kappa shape index (κ3) is 19.4. The van der Waals surface area contributed by atoms with E-state index in [-0.39, 0.29) is 37.7 Å². The van der Waals surface area contributed by atoms with E-state index in [1.54, 1.807) is 0 Å². The van der Waals surface area contributed by atoms with Gasteiger partial charge in [-0.3, -0.25) is 0 Å². The average Bonchev–Trinajstić information content (AvgIpc) is 2.59. The van der Waals surface area contributed by atoms with Crippen molar-refractivity contribution in [2.75, 3.05) is 0 Å². The first-order chi connectivity index (χ1) is 11.8. The quantitative estimate of drug-likeness (QED) is 0.164. The minimum atomic E-state index is 0. The van der Waals surface area contributed by atoms with Gasteiger partial charge in [0, 0.05) is 0 Å². The van der Waals surface area contributed by atoms with E-state index in [0.717, 1.165) is 12.8 Å². The van der Waals surface area contributed by atoms with Crippen LogP contribution in [0.2, 0.25) is 0 Å². The van der Waals surface area contributed by atoms with Crippen molar-refractivity contribution in [2.45, 2.75) is 130 Å². The van der Waals surface area contributed by atoms with Crippen LogP contribution in [0.25, 0.3) is 0 Å².